The summed E-state index contributed by atoms with van der Waals surface area (Å²) in [5, 5.41) is 0. The largest absolute Gasteiger partial charge is 0.493 e. The van der Waals surface area contributed by atoms with Crippen LogP contribution in [0.2, 0.25) is 0 Å². The molecule has 0 saturated heterocycles. The molecule has 0 unspecified atom stereocenters. The minimum absolute atomic E-state index is 0.0189. The zero-order valence-electron chi connectivity index (χ0n) is 17.3. The number of carbonyl (C=O) groups excluding carboxylic acids is 2. The number of rotatable bonds is 9. The van der Waals surface area contributed by atoms with Crippen LogP contribution < -0.4 is 18.9 Å². The van der Waals surface area contributed by atoms with Crippen LogP contribution in [-0.4, -0.2) is 53.1 Å². The number of fused-ring (bicyclic) bond motifs is 2. The maximum absolute atomic E-state index is 12.4. The first-order valence-electron chi connectivity index (χ1n) is 10.3. The van der Waals surface area contributed by atoms with Gasteiger partial charge < -0.3 is 18.9 Å². The molecule has 2 heterocycles. The number of sulfonamides is 1. The van der Waals surface area contributed by atoms with E-state index in [0.29, 0.717) is 36.9 Å². The van der Waals surface area contributed by atoms with Crippen molar-refractivity contribution in [2.75, 3.05) is 33.0 Å². The van der Waals surface area contributed by atoms with E-state index in [2.05, 4.69) is 4.72 Å². The molecule has 0 aliphatic carbocycles. The fraction of sp³-hybridized carbons (Fsp3) is 0.364. The van der Waals surface area contributed by atoms with Gasteiger partial charge in [0.05, 0.1) is 11.5 Å². The van der Waals surface area contributed by atoms with Gasteiger partial charge in [0, 0.05) is 31.0 Å². The molecule has 0 spiro atoms. The van der Waals surface area contributed by atoms with Crippen LogP contribution in [0, 0.1) is 0 Å². The molecule has 0 saturated carbocycles. The molecule has 0 aromatic heterocycles. The van der Waals surface area contributed by atoms with Crippen molar-refractivity contribution >= 4 is 21.8 Å². The number of ether oxygens (including phenoxy) is 4. The SMILES string of the molecule is O=C(CCCNS(=O)(=O)c1ccc2c(c1)OCCO2)OCC(=O)c1ccc2c(c1)CCO2. The highest BCUT2D eigenvalue weighted by Crippen LogP contribution is 2.32. The lowest BCUT2D eigenvalue weighted by molar-refractivity contribution is -0.142. The van der Waals surface area contributed by atoms with Crippen LogP contribution in [0.4, 0.5) is 0 Å². The summed E-state index contributed by atoms with van der Waals surface area (Å²) in [7, 11) is -3.76. The van der Waals surface area contributed by atoms with Gasteiger partial charge in [-0.1, -0.05) is 0 Å². The number of nitrogens with one attached hydrogen (secondary N) is 1. The van der Waals surface area contributed by atoms with E-state index in [0.717, 1.165) is 17.7 Å². The minimum atomic E-state index is -3.76. The van der Waals surface area contributed by atoms with E-state index in [1.807, 2.05) is 0 Å². The van der Waals surface area contributed by atoms with E-state index >= 15 is 0 Å². The molecule has 4 rings (SSSR count). The Labute approximate surface area is 185 Å². The molecular formula is C22H23NO8S. The number of carbonyl (C=O) groups is 2. The van der Waals surface area contributed by atoms with Gasteiger partial charge in [-0.2, -0.15) is 0 Å². The fourth-order valence-electron chi connectivity index (χ4n) is 3.37. The Morgan fingerprint density at radius 1 is 0.938 bits per heavy atom. The third kappa shape index (κ3) is 5.20. The quantitative estimate of drug-likeness (QED) is 0.342. The summed E-state index contributed by atoms with van der Waals surface area (Å²) in [4.78, 5) is 24.2. The van der Waals surface area contributed by atoms with Crippen LogP contribution >= 0.6 is 0 Å². The van der Waals surface area contributed by atoms with E-state index in [1.54, 1.807) is 24.3 Å². The average molecular weight is 461 g/mol. The second-order valence-corrected chi connectivity index (χ2v) is 9.08. The minimum Gasteiger partial charge on any atom is -0.493 e. The molecule has 0 atom stereocenters. The number of ketones is 1. The first kappa shape index (κ1) is 22.1. The number of hydrogen-bond donors (Lipinski definition) is 1. The Bertz CT molecular complexity index is 1130. The van der Waals surface area contributed by atoms with Crippen LogP contribution in [0.1, 0.15) is 28.8 Å². The highest BCUT2D eigenvalue weighted by molar-refractivity contribution is 7.89. The van der Waals surface area contributed by atoms with Gasteiger partial charge in [-0.15, -0.1) is 0 Å². The molecule has 0 bridgehead atoms. The molecule has 32 heavy (non-hydrogen) atoms. The number of esters is 1. The van der Waals surface area contributed by atoms with Crippen molar-refractivity contribution in [2.45, 2.75) is 24.2 Å². The highest BCUT2D eigenvalue weighted by Gasteiger charge is 2.20. The Hall–Kier alpha value is -3.11. The molecule has 0 amide bonds. The average Bonchev–Trinajstić information content (AvgIpc) is 3.28. The Morgan fingerprint density at radius 3 is 2.53 bits per heavy atom. The van der Waals surface area contributed by atoms with Crippen molar-refractivity contribution in [1.29, 1.82) is 0 Å². The maximum atomic E-state index is 12.4. The Balaban J connectivity index is 1.20. The molecule has 10 heteroatoms. The lowest BCUT2D eigenvalue weighted by atomic mass is 10.1. The summed E-state index contributed by atoms with van der Waals surface area (Å²) < 4.78 is 48.5. The molecule has 2 aliphatic heterocycles. The topological polar surface area (TPSA) is 117 Å². The summed E-state index contributed by atoms with van der Waals surface area (Å²) in [6.45, 7) is 1.06. The summed E-state index contributed by atoms with van der Waals surface area (Å²) in [6, 6.07) is 9.53. The number of hydrogen-bond acceptors (Lipinski definition) is 8. The molecular weight excluding hydrogens is 438 g/mol. The van der Waals surface area contributed by atoms with Crippen LogP contribution in [-0.2, 0) is 26.0 Å². The molecule has 170 valence electrons. The zero-order valence-corrected chi connectivity index (χ0v) is 18.1. The van der Waals surface area contributed by atoms with Crippen molar-refractivity contribution in [3.8, 4) is 17.2 Å². The third-order valence-electron chi connectivity index (χ3n) is 5.05. The number of benzene rings is 2. The first-order chi connectivity index (χ1) is 15.4. The smallest absolute Gasteiger partial charge is 0.306 e. The molecule has 2 aromatic rings. The standard InChI is InChI=1S/C22H23NO8S/c24-18(15-3-5-19-16(12-15)7-9-28-19)14-31-22(25)2-1-8-23-32(26,27)17-4-6-20-21(13-17)30-11-10-29-20/h3-6,12-13,23H,1-2,7-11,14H2. The number of Topliss-reactive ketones (excluding diaryl/α,β-unsaturated/α-hetero) is 1. The monoisotopic (exact) mass is 461 g/mol. The van der Waals surface area contributed by atoms with Gasteiger partial charge in [0.15, 0.2) is 23.9 Å². The van der Waals surface area contributed by atoms with Crippen molar-refractivity contribution in [3.05, 3.63) is 47.5 Å². The molecule has 0 fully saturated rings. The molecule has 2 aromatic carbocycles. The van der Waals surface area contributed by atoms with Crippen molar-refractivity contribution in [2.24, 2.45) is 0 Å². The predicted octanol–water partition coefficient (Wildman–Crippen LogP) is 1.88. The molecule has 9 nitrogen and oxygen atoms in total. The van der Waals surface area contributed by atoms with Crippen molar-refractivity contribution < 1.29 is 37.0 Å². The Kier molecular flexibility index (Phi) is 6.61. The van der Waals surface area contributed by atoms with Gasteiger partial charge >= 0.3 is 5.97 Å². The van der Waals surface area contributed by atoms with Crippen LogP contribution in [0.3, 0.4) is 0 Å². The molecule has 0 radical (unpaired) electrons. The highest BCUT2D eigenvalue weighted by atomic mass is 32.2. The van der Waals surface area contributed by atoms with E-state index in [4.69, 9.17) is 18.9 Å². The van der Waals surface area contributed by atoms with Gasteiger partial charge in [-0.3, -0.25) is 9.59 Å². The van der Waals surface area contributed by atoms with Gasteiger partial charge in [0.25, 0.3) is 0 Å². The molecule has 2 aliphatic rings. The Morgan fingerprint density at radius 2 is 1.69 bits per heavy atom. The van der Waals surface area contributed by atoms with Gasteiger partial charge in [-0.05, 0) is 42.3 Å². The summed E-state index contributed by atoms with van der Waals surface area (Å²) in [5.74, 6) is 0.787. The second-order valence-electron chi connectivity index (χ2n) is 7.31. The fourth-order valence-corrected chi connectivity index (χ4v) is 4.46. The van der Waals surface area contributed by atoms with E-state index in [9.17, 15) is 18.0 Å². The summed E-state index contributed by atoms with van der Waals surface area (Å²) in [6.07, 6.45) is 0.959. The van der Waals surface area contributed by atoms with Gasteiger partial charge in [0.1, 0.15) is 19.0 Å². The summed E-state index contributed by atoms with van der Waals surface area (Å²) >= 11 is 0. The van der Waals surface area contributed by atoms with E-state index in [1.165, 1.54) is 12.1 Å². The van der Waals surface area contributed by atoms with Crippen molar-refractivity contribution in [3.63, 3.8) is 0 Å². The van der Waals surface area contributed by atoms with Crippen molar-refractivity contribution in [1.82, 2.24) is 4.72 Å². The van der Waals surface area contributed by atoms with Crippen LogP contribution in [0.5, 0.6) is 17.2 Å². The van der Waals surface area contributed by atoms with Gasteiger partial charge in [0.2, 0.25) is 10.0 Å². The van der Waals surface area contributed by atoms with Gasteiger partial charge in [-0.25, -0.2) is 13.1 Å². The third-order valence-corrected chi connectivity index (χ3v) is 6.51. The lowest BCUT2D eigenvalue weighted by Gasteiger charge is -2.18. The zero-order chi connectivity index (χ0) is 22.6. The second kappa shape index (κ2) is 9.58. The maximum Gasteiger partial charge on any atom is 0.306 e. The predicted molar refractivity (Wildman–Crippen MR) is 113 cm³/mol. The van der Waals surface area contributed by atoms with E-state index < -0.39 is 16.0 Å². The van der Waals surface area contributed by atoms with E-state index in [-0.39, 0.29) is 36.7 Å². The van der Waals surface area contributed by atoms with Crippen LogP contribution in [0.15, 0.2) is 41.3 Å². The first-order valence-corrected chi connectivity index (χ1v) is 11.7. The lowest BCUT2D eigenvalue weighted by Crippen LogP contribution is -2.26. The van der Waals surface area contributed by atoms with Crippen LogP contribution in [0.25, 0.3) is 0 Å². The summed E-state index contributed by atoms with van der Waals surface area (Å²) in [5.41, 5.74) is 1.43. The molecule has 1 N–H and O–H groups in total. The normalized spacial score (nSPS) is 14.4.